The van der Waals surface area contributed by atoms with Gasteiger partial charge in [0.05, 0.1) is 4.90 Å². The summed E-state index contributed by atoms with van der Waals surface area (Å²) in [4.78, 5) is 14.6. The second kappa shape index (κ2) is 7.72. The van der Waals surface area contributed by atoms with Gasteiger partial charge in [0.2, 0.25) is 15.9 Å². The second-order valence-corrected chi connectivity index (χ2v) is 9.66. The van der Waals surface area contributed by atoms with Gasteiger partial charge in [-0.05, 0) is 36.6 Å². The summed E-state index contributed by atoms with van der Waals surface area (Å²) >= 11 is 0. The fourth-order valence-corrected chi connectivity index (χ4v) is 5.20. The Morgan fingerprint density at radius 2 is 1.75 bits per heavy atom. The molecule has 1 amide bonds. The molecular formula is C21H26N2O4S. The summed E-state index contributed by atoms with van der Waals surface area (Å²) in [5.41, 5.74) is 0. The molecule has 150 valence electrons. The first-order chi connectivity index (χ1) is 13.4. The van der Waals surface area contributed by atoms with Crippen LogP contribution in [0.4, 0.5) is 0 Å². The van der Waals surface area contributed by atoms with E-state index in [0.29, 0.717) is 55.8 Å². The van der Waals surface area contributed by atoms with Gasteiger partial charge < -0.3 is 9.32 Å². The topological polar surface area (TPSA) is 70.8 Å². The van der Waals surface area contributed by atoms with Gasteiger partial charge in [-0.1, -0.05) is 25.1 Å². The highest BCUT2D eigenvalue weighted by molar-refractivity contribution is 7.89. The maximum absolute atomic E-state index is 12.7. The van der Waals surface area contributed by atoms with E-state index in [-0.39, 0.29) is 5.91 Å². The van der Waals surface area contributed by atoms with Crippen LogP contribution in [0.2, 0.25) is 0 Å². The minimum atomic E-state index is -3.49. The van der Waals surface area contributed by atoms with Crippen LogP contribution in [-0.4, -0.2) is 49.7 Å². The zero-order chi connectivity index (χ0) is 19.7. The number of carbonyl (C=O) groups excluding carboxylic acids is 1. The van der Waals surface area contributed by atoms with Crippen LogP contribution >= 0.6 is 0 Å². The smallest absolute Gasteiger partial charge is 0.243 e. The molecule has 0 spiro atoms. The third kappa shape index (κ3) is 4.00. The Balaban J connectivity index is 1.27. The highest BCUT2D eigenvalue weighted by Gasteiger charge is 2.36. The van der Waals surface area contributed by atoms with Crippen molar-refractivity contribution >= 4 is 15.9 Å². The van der Waals surface area contributed by atoms with E-state index in [0.717, 1.165) is 11.5 Å². The lowest BCUT2D eigenvalue weighted by atomic mass is 10.2. The Kier molecular flexibility index (Phi) is 5.29. The molecule has 1 aliphatic carbocycles. The van der Waals surface area contributed by atoms with E-state index in [1.54, 1.807) is 35.2 Å². The van der Waals surface area contributed by atoms with Crippen molar-refractivity contribution in [1.29, 1.82) is 0 Å². The number of aryl methyl sites for hydroxylation is 1. The van der Waals surface area contributed by atoms with Gasteiger partial charge in [-0.15, -0.1) is 0 Å². The van der Waals surface area contributed by atoms with Crippen LogP contribution in [0.1, 0.15) is 37.2 Å². The lowest BCUT2D eigenvalue weighted by Crippen LogP contribution is -2.50. The number of amides is 1. The Hall–Kier alpha value is -2.12. The summed E-state index contributed by atoms with van der Waals surface area (Å²) in [6.07, 6.45) is 2.16. The first-order valence-corrected chi connectivity index (χ1v) is 11.3. The molecule has 0 radical (unpaired) electrons. The second-order valence-electron chi connectivity index (χ2n) is 7.72. The average molecular weight is 403 g/mol. The molecule has 1 aliphatic heterocycles. The first-order valence-electron chi connectivity index (χ1n) is 9.87. The summed E-state index contributed by atoms with van der Waals surface area (Å²) in [7, 11) is -3.49. The summed E-state index contributed by atoms with van der Waals surface area (Å²) in [5, 5.41) is 0. The molecule has 0 N–H and O–H groups in total. The minimum absolute atomic E-state index is 0.0505. The first kappa shape index (κ1) is 19.2. The van der Waals surface area contributed by atoms with Gasteiger partial charge in [0.15, 0.2) is 0 Å². The van der Waals surface area contributed by atoms with E-state index in [4.69, 9.17) is 4.42 Å². The van der Waals surface area contributed by atoms with E-state index in [9.17, 15) is 13.2 Å². The predicted octanol–water partition coefficient (Wildman–Crippen LogP) is 2.87. The Morgan fingerprint density at radius 3 is 2.39 bits per heavy atom. The predicted molar refractivity (Wildman–Crippen MR) is 105 cm³/mol. The zero-order valence-corrected chi connectivity index (χ0v) is 16.9. The monoisotopic (exact) mass is 402 g/mol. The summed E-state index contributed by atoms with van der Waals surface area (Å²) in [5.74, 6) is 3.19. The number of nitrogens with zero attached hydrogens (tertiary/aromatic N) is 2. The molecule has 7 heteroatoms. The Bertz CT molecular complexity index is 930. The van der Waals surface area contributed by atoms with Gasteiger partial charge in [-0.3, -0.25) is 4.79 Å². The minimum Gasteiger partial charge on any atom is -0.466 e. The van der Waals surface area contributed by atoms with Crippen LogP contribution < -0.4 is 0 Å². The molecule has 2 unspecified atom stereocenters. The molecule has 1 aromatic carbocycles. The van der Waals surface area contributed by atoms with Gasteiger partial charge in [0.25, 0.3) is 0 Å². The molecular weight excluding hydrogens is 376 g/mol. The maximum atomic E-state index is 12.7. The number of rotatable bonds is 6. The number of piperazine rings is 1. The van der Waals surface area contributed by atoms with Crippen molar-refractivity contribution in [3.05, 3.63) is 54.0 Å². The largest absolute Gasteiger partial charge is 0.466 e. The normalized spacial score (nSPS) is 23.0. The van der Waals surface area contributed by atoms with Crippen molar-refractivity contribution < 1.29 is 17.6 Å². The zero-order valence-electron chi connectivity index (χ0n) is 16.1. The number of hydrogen-bond donors (Lipinski definition) is 0. The molecule has 2 heterocycles. The van der Waals surface area contributed by atoms with Crippen LogP contribution in [0.25, 0.3) is 0 Å². The summed E-state index contributed by atoms with van der Waals surface area (Å²) in [6, 6.07) is 12.4. The summed E-state index contributed by atoms with van der Waals surface area (Å²) in [6.45, 7) is 3.72. The molecule has 2 fully saturated rings. The highest BCUT2D eigenvalue weighted by Crippen LogP contribution is 2.47. The van der Waals surface area contributed by atoms with Gasteiger partial charge >= 0.3 is 0 Å². The van der Waals surface area contributed by atoms with Crippen molar-refractivity contribution in [2.75, 3.05) is 26.2 Å². The third-order valence-corrected chi connectivity index (χ3v) is 7.63. The highest BCUT2D eigenvalue weighted by atomic mass is 32.2. The van der Waals surface area contributed by atoms with Crippen LogP contribution in [0.15, 0.2) is 51.8 Å². The molecule has 2 aromatic rings. The van der Waals surface area contributed by atoms with Crippen molar-refractivity contribution in [2.24, 2.45) is 5.92 Å². The molecule has 28 heavy (non-hydrogen) atoms. The average Bonchev–Trinajstić information content (AvgIpc) is 3.26. The number of furan rings is 1. The van der Waals surface area contributed by atoms with Crippen molar-refractivity contribution in [3.8, 4) is 0 Å². The number of sulfonamides is 1. The molecule has 1 aromatic heterocycles. The SMILES string of the molecule is CC1CC1c1ccc(CCC(=O)N2CCN(S(=O)(=O)c3ccccc3)CC2)o1. The fourth-order valence-electron chi connectivity index (χ4n) is 3.75. The lowest BCUT2D eigenvalue weighted by Gasteiger charge is -2.34. The van der Waals surface area contributed by atoms with Crippen molar-refractivity contribution in [3.63, 3.8) is 0 Å². The molecule has 6 nitrogen and oxygen atoms in total. The maximum Gasteiger partial charge on any atom is 0.243 e. The molecule has 2 atom stereocenters. The molecule has 0 bridgehead atoms. The van der Waals surface area contributed by atoms with E-state index >= 15 is 0 Å². The van der Waals surface area contributed by atoms with Crippen LogP contribution in [0.5, 0.6) is 0 Å². The fraction of sp³-hybridized carbons (Fsp3) is 0.476. The number of carbonyl (C=O) groups is 1. The number of benzene rings is 1. The Labute approximate surface area is 166 Å². The lowest BCUT2D eigenvalue weighted by molar-refractivity contribution is -0.132. The standard InChI is InChI=1S/C21H26N2O4S/c1-16-15-19(16)20-9-7-17(27-20)8-10-21(24)22-11-13-23(14-12-22)28(25,26)18-5-3-2-4-6-18/h2-7,9,16,19H,8,10-15H2,1H3. The van der Waals surface area contributed by atoms with Crippen LogP contribution in [0, 0.1) is 5.92 Å². The van der Waals surface area contributed by atoms with E-state index in [1.165, 1.54) is 10.7 Å². The van der Waals surface area contributed by atoms with Crippen LogP contribution in [0.3, 0.4) is 0 Å². The van der Waals surface area contributed by atoms with E-state index < -0.39 is 10.0 Å². The number of hydrogen-bond acceptors (Lipinski definition) is 4. The van der Waals surface area contributed by atoms with Crippen LogP contribution in [-0.2, 0) is 21.2 Å². The van der Waals surface area contributed by atoms with Crippen molar-refractivity contribution in [1.82, 2.24) is 9.21 Å². The van der Waals surface area contributed by atoms with E-state index in [2.05, 4.69) is 6.92 Å². The molecule has 2 aliphatic rings. The third-order valence-electron chi connectivity index (χ3n) is 5.71. The quantitative estimate of drug-likeness (QED) is 0.745. The molecule has 1 saturated heterocycles. The van der Waals surface area contributed by atoms with Gasteiger partial charge in [0, 0.05) is 44.9 Å². The molecule has 1 saturated carbocycles. The van der Waals surface area contributed by atoms with Gasteiger partial charge in [-0.25, -0.2) is 8.42 Å². The Morgan fingerprint density at radius 1 is 1.07 bits per heavy atom. The van der Waals surface area contributed by atoms with Crippen molar-refractivity contribution in [2.45, 2.75) is 37.0 Å². The van der Waals surface area contributed by atoms with E-state index in [1.807, 2.05) is 12.1 Å². The summed E-state index contributed by atoms with van der Waals surface area (Å²) < 4.78 is 32.7. The molecule has 4 rings (SSSR count). The van der Waals surface area contributed by atoms with Gasteiger partial charge in [0.1, 0.15) is 11.5 Å². The van der Waals surface area contributed by atoms with Gasteiger partial charge in [-0.2, -0.15) is 4.31 Å².